The highest BCUT2D eigenvalue weighted by Crippen LogP contribution is 2.17. The lowest BCUT2D eigenvalue weighted by Gasteiger charge is -2.35. The number of ether oxygens (including phenoxy) is 2. The summed E-state index contributed by atoms with van der Waals surface area (Å²) in [5.41, 5.74) is 0. The van der Waals surface area contributed by atoms with E-state index in [1.807, 2.05) is 0 Å². The van der Waals surface area contributed by atoms with Crippen LogP contribution in [0.25, 0.3) is 0 Å². The SMILES string of the molecule is ClCC1COCCN1CC1CCOC1. The third-order valence-corrected chi connectivity index (χ3v) is 3.40. The molecule has 2 atom stereocenters. The van der Waals surface area contributed by atoms with Gasteiger partial charge in [0.1, 0.15) is 0 Å². The zero-order chi connectivity index (χ0) is 9.80. The highest BCUT2D eigenvalue weighted by Gasteiger charge is 2.26. The van der Waals surface area contributed by atoms with Crippen LogP contribution in [0.15, 0.2) is 0 Å². The molecule has 0 aliphatic carbocycles. The molecular weight excluding hydrogens is 202 g/mol. The van der Waals surface area contributed by atoms with Crippen LogP contribution in [-0.2, 0) is 9.47 Å². The molecule has 0 N–H and O–H groups in total. The Balaban J connectivity index is 1.81. The lowest BCUT2D eigenvalue weighted by molar-refractivity contribution is -0.00649. The van der Waals surface area contributed by atoms with Gasteiger partial charge in [0.25, 0.3) is 0 Å². The van der Waals surface area contributed by atoms with Crippen molar-refractivity contribution in [2.45, 2.75) is 12.5 Å². The molecule has 2 aliphatic heterocycles. The third kappa shape index (κ3) is 2.60. The lowest BCUT2D eigenvalue weighted by Crippen LogP contribution is -2.48. The van der Waals surface area contributed by atoms with Crippen LogP contribution in [0, 0.1) is 5.92 Å². The second-order valence-electron chi connectivity index (χ2n) is 4.11. The van der Waals surface area contributed by atoms with Crippen molar-refractivity contribution in [2.75, 3.05) is 45.4 Å². The largest absolute Gasteiger partial charge is 0.381 e. The molecule has 3 nitrogen and oxygen atoms in total. The molecule has 14 heavy (non-hydrogen) atoms. The van der Waals surface area contributed by atoms with Gasteiger partial charge in [-0.3, -0.25) is 4.90 Å². The van der Waals surface area contributed by atoms with E-state index in [-0.39, 0.29) is 0 Å². The minimum Gasteiger partial charge on any atom is -0.381 e. The van der Waals surface area contributed by atoms with Crippen LogP contribution in [0.1, 0.15) is 6.42 Å². The molecular formula is C10H18ClNO2. The molecule has 0 aromatic carbocycles. The highest BCUT2D eigenvalue weighted by molar-refractivity contribution is 6.18. The smallest absolute Gasteiger partial charge is 0.0634 e. The van der Waals surface area contributed by atoms with Gasteiger partial charge < -0.3 is 9.47 Å². The Hall–Kier alpha value is 0.170. The minimum atomic E-state index is 0.408. The molecule has 2 fully saturated rings. The van der Waals surface area contributed by atoms with Gasteiger partial charge in [0.2, 0.25) is 0 Å². The van der Waals surface area contributed by atoms with Crippen molar-refractivity contribution in [3.05, 3.63) is 0 Å². The fraction of sp³-hybridized carbons (Fsp3) is 1.00. The molecule has 2 heterocycles. The summed E-state index contributed by atoms with van der Waals surface area (Å²) in [4.78, 5) is 2.45. The van der Waals surface area contributed by atoms with Crippen LogP contribution in [0.4, 0.5) is 0 Å². The standard InChI is InChI=1S/C10H18ClNO2/c11-5-10-8-14-4-2-12(10)6-9-1-3-13-7-9/h9-10H,1-8H2. The van der Waals surface area contributed by atoms with Crippen molar-refractivity contribution >= 4 is 11.6 Å². The number of hydrogen-bond donors (Lipinski definition) is 0. The van der Waals surface area contributed by atoms with Crippen molar-refractivity contribution in [3.63, 3.8) is 0 Å². The topological polar surface area (TPSA) is 21.7 Å². The Morgan fingerprint density at radius 1 is 1.21 bits per heavy atom. The van der Waals surface area contributed by atoms with E-state index < -0.39 is 0 Å². The molecule has 0 spiro atoms. The van der Waals surface area contributed by atoms with Gasteiger partial charge in [-0.05, 0) is 12.3 Å². The summed E-state index contributed by atoms with van der Waals surface area (Å²) in [6, 6.07) is 0.408. The maximum atomic E-state index is 5.91. The first-order valence-electron chi connectivity index (χ1n) is 5.35. The van der Waals surface area contributed by atoms with Gasteiger partial charge >= 0.3 is 0 Å². The number of alkyl halides is 1. The molecule has 0 aromatic heterocycles. The average molecular weight is 220 g/mol. The molecule has 82 valence electrons. The summed E-state index contributed by atoms with van der Waals surface area (Å²) < 4.78 is 10.8. The van der Waals surface area contributed by atoms with Crippen LogP contribution in [0.3, 0.4) is 0 Å². The van der Waals surface area contributed by atoms with E-state index in [9.17, 15) is 0 Å². The van der Waals surface area contributed by atoms with Crippen molar-refractivity contribution in [3.8, 4) is 0 Å². The summed E-state index contributed by atoms with van der Waals surface area (Å²) in [5.74, 6) is 1.38. The minimum absolute atomic E-state index is 0.408. The first-order chi connectivity index (χ1) is 6.90. The monoisotopic (exact) mass is 219 g/mol. The quantitative estimate of drug-likeness (QED) is 0.661. The van der Waals surface area contributed by atoms with Crippen molar-refractivity contribution in [1.82, 2.24) is 4.90 Å². The number of rotatable bonds is 3. The molecule has 0 aromatic rings. The van der Waals surface area contributed by atoms with E-state index in [1.54, 1.807) is 0 Å². The summed E-state index contributed by atoms with van der Waals surface area (Å²) in [7, 11) is 0. The highest BCUT2D eigenvalue weighted by atomic mass is 35.5. The van der Waals surface area contributed by atoms with Crippen LogP contribution >= 0.6 is 11.6 Å². The third-order valence-electron chi connectivity index (χ3n) is 3.04. The normalized spacial score (nSPS) is 34.9. The summed E-state index contributed by atoms with van der Waals surface area (Å²) in [6.45, 7) is 5.64. The van der Waals surface area contributed by atoms with E-state index in [0.29, 0.717) is 17.8 Å². The summed E-state index contributed by atoms with van der Waals surface area (Å²) in [6.07, 6.45) is 1.20. The van der Waals surface area contributed by atoms with E-state index in [2.05, 4.69) is 4.90 Å². The van der Waals surface area contributed by atoms with Crippen LogP contribution in [0.5, 0.6) is 0 Å². The van der Waals surface area contributed by atoms with Crippen LogP contribution < -0.4 is 0 Å². The molecule has 4 heteroatoms. The Kier molecular flexibility index (Phi) is 4.05. The second-order valence-corrected chi connectivity index (χ2v) is 4.42. The van der Waals surface area contributed by atoms with Gasteiger partial charge in [-0.25, -0.2) is 0 Å². The molecule has 0 amide bonds. The van der Waals surface area contributed by atoms with Gasteiger partial charge in [0.15, 0.2) is 0 Å². The van der Waals surface area contributed by atoms with Gasteiger partial charge in [0.05, 0.1) is 19.8 Å². The molecule has 0 bridgehead atoms. The van der Waals surface area contributed by atoms with Crippen LogP contribution in [0.2, 0.25) is 0 Å². The summed E-state index contributed by atoms with van der Waals surface area (Å²) in [5, 5.41) is 0. The number of halogens is 1. The fourth-order valence-electron chi connectivity index (χ4n) is 2.13. The van der Waals surface area contributed by atoms with E-state index in [4.69, 9.17) is 21.1 Å². The molecule has 2 unspecified atom stereocenters. The first kappa shape index (κ1) is 10.7. The van der Waals surface area contributed by atoms with E-state index in [0.717, 1.165) is 39.5 Å². The predicted octanol–water partition coefficient (Wildman–Crippen LogP) is 0.962. The molecule has 2 rings (SSSR count). The Morgan fingerprint density at radius 2 is 2.07 bits per heavy atom. The van der Waals surface area contributed by atoms with Gasteiger partial charge in [0, 0.05) is 31.6 Å². The number of nitrogens with zero attached hydrogens (tertiary/aromatic N) is 1. The van der Waals surface area contributed by atoms with Crippen molar-refractivity contribution in [2.24, 2.45) is 5.92 Å². The first-order valence-corrected chi connectivity index (χ1v) is 5.89. The number of morpholine rings is 1. The Bertz CT molecular complexity index is 174. The van der Waals surface area contributed by atoms with Gasteiger partial charge in [-0.2, -0.15) is 0 Å². The zero-order valence-corrected chi connectivity index (χ0v) is 9.21. The molecule has 2 aliphatic rings. The summed E-state index contributed by atoms with van der Waals surface area (Å²) >= 11 is 5.91. The van der Waals surface area contributed by atoms with Crippen molar-refractivity contribution < 1.29 is 9.47 Å². The Labute approximate surface area is 90.3 Å². The zero-order valence-electron chi connectivity index (χ0n) is 8.45. The van der Waals surface area contributed by atoms with Gasteiger partial charge in [-0.1, -0.05) is 0 Å². The van der Waals surface area contributed by atoms with E-state index in [1.165, 1.54) is 6.42 Å². The van der Waals surface area contributed by atoms with Crippen molar-refractivity contribution in [1.29, 1.82) is 0 Å². The Morgan fingerprint density at radius 3 is 2.79 bits per heavy atom. The second kappa shape index (κ2) is 5.31. The molecule has 2 saturated heterocycles. The predicted molar refractivity (Wildman–Crippen MR) is 55.8 cm³/mol. The fourth-order valence-corrected chi connectivity index (χ4v) is 2.41. The van der Waals surface area contributed by atoms with Crippen LogP contribution in [-0.4, -0.2) is 56.3 Å². The molecule has 0 saturated carbocycles. The maximum Gasteiger partial charge on any atom is 0.0634 e. The lowest BCUT2D eigenvalue weighted by atomic mass is 10.1. The maximum absolute atomic E-state index is 5.91. The average Bonchev–Trinajstić information content (AvgIpc) is 2.71. The van der Waals surface area contributed by atoms with Gasteiger partial charge in [-0.15, -0.1) is 11.6 Å². The number of hydrogen-bond acceptors (Lipinski definition) is 3. The molecule has 0 radical (unpaired) electrons. The van der Waals surface area contributed by atoms with E-state index >= 15 is 0 Å².